The highest BCUT2D eigenvalue weighted by atomic mass is 16.5. The lowest BCUT2D eigenvalue weighted by atomic mass is 9.85. The van der Waals surface area contributed by atoms with E-state index in [9.17, 15) is 24.0 Å². The summed E-state index contributed by atoms with van der Waals surface area (Å²) < 4.78 is 10.1. The van der Waals surface area contributed by atoms with Crippen LogP contribution in [0.1, 0.15) is 40.5 Å². The number of fused-ring (bicyclic) bond motifs is 5. The molecular weight excluding hydrogens is 476 g/mol. The summed E-state index contributed by atoms with van der Waals surface area (Å²) in [6, 6.07) is 12.2. The molecule has 0 radical (unpaired) electrons. The summed E-state index contributed by atoms with van der Waals surface area (Å²) >= 11 is 0. The summed E-state index contributed by atoms with van der Waals surface area (Å²) in [5.74, 6) is -2.43. The molecule has 1 N–H and O–H groups in total. The van der Waals surface area contributed by atoms with Gasteiger partial charge >= 0.3 is 11.9 Å². The fourth-order valence-corrected chi connectivity index (χ4v) is 5.28. The first kappa shape index (κ1) is 24.4. The van der Waals surface area contributed by atoms with E-state index in [2.05, 4.69) is 5.32 Å². The molecule has 0 spiro atoms. The first-order valence-electron chi connectivity index (χ1n) is 12.3. The zero-order chi connectivity index (χ0) is 26.1. The minimum absolute atomic E-state index is 0.122. The molecule has 190 valence electrons. The quantitative estimate of drug-likeness (QED) is 0.334. The van der Waals surface area contributed by atoms with Gasteiger partial charge in [-0.15, -0.1) is 0 Å². The van der Waals surface area contributed by atoms with Crippen LogP contribution >= 0.6 is 0 Å². The highest BCUT2D eigenvalue weighted by Gasteiger charge is 2.59. The van der Waals surface area contributed by atoms with E-state index in [1.807, 2.05) is 19.1 Å². The third-order valence-electron chi connectivity index (χ3n) is 7.01. The Morgan fingerprint density at radius 1 is 0.838 bits per heavy atom. The highest BCUT2D eigenvalue weighted by Crippen LogP contribution is 2.53. The standard InChI is InChI=1S/C28H26N2O7/c1-2-13-36-27(34)16-5-9-20(10-6-16)29-22(31)15-37-28(35)17-7-11-21(12-8-17)30-25(32)23-18-3-4-19(14-18)24(23)26(30)33/h3-12,18-19,23-24H,2,13-15H2,1H3,(H,29,31)/t18-,19-,23+,24+/m0/s1. The number of anilines is 2. The van der Waals surface area contributed by atoms with Crippen LogP contribution in [0.4, 0.5) is 11.4 Å². The zero-order valence-corrected chi connectivity index (χ0v) is 20.2. The SMILES string of the molecule is CCCOC(=O)c1ccc(NC(=O)COC(=O)c2ccc(N3C(=O)[C@H]4[C@H](C3=O)[C@H]3C=C[C@H]4C3)cc2)cc1. The van der Waals surface area contributed by atoms with Gasteiger partial charge in [-0.25, -0.2) is 9.59 Å². The normalized spacial score (nSPS) is 23.2. The Balaban J connectivity index is 1.13. The first-order valence-corrected chi connectivity index (χ1v) is 12.3. The fraction of sp³-hybridized carbons (Fsp3) is 0.321. The molecule has 2 bridgehead atoms. The lowest BCUT2D eigenvalue weighted by molar-refractivity contribution is -0.123. The lowest BCUT2D eigenvalue weighted by Crippen LogP contribution is -2.32. The van der Waals surface area contributed by atoms with Crippen molar-refractivity contribution in [1.82, 2.24) is 0 Å². The maximum Gasteiger partial charge on any atom is 0.338 e. The van der Waals surface area contributed by atoms with Gasteiger partial charge in [0.25, 0.3) is 5.91 Å². The molecule has 1 aliphatic heterocycles. The van der Waals surface area contributed by atoms with Gasteiger partial charge in [-0.3, -0.25) is 19.3 Å². The Kier molecular flexibility index (Phi) is 6.60. The fourth-order valence-electron chi connectivity index (χ4n) is 5.28. The molecule has 9 heteroatoms. The number of hydrogen-bond donors (Lipinski definition) is 1. The van der Waals surface area contributed by atoms with E-state index in [-0.39, 0.29) is 41.0 Å². The van der Waals surface area contributed by atoms with Gasteiger partial charge in [-0.05, 0) is 73.2 Å². The minimum Gasteiger partial charge on any atom is -0.462 e. The molecule has 5 rings (SSSR count). The third kappa shape index (κ3) is 4.64. The van der Waals surface area contributed by atoms with Gasteiger partial charge in [0.05, 0.1) is 35.3 Å². The molecule has 2 aromatic carbocycles. The molecule has 1 heterocycles. The van der Waals surface area contributed by atoms with E-state index >= 15 is 0 Å². The number of benzene rings is 2. The first-order chi connectivity index (χ1) is 17.9. The maximum absolute atomic E-state index is 12.9. The summed E-state index contributed by atoms with van der Waals surface area (Å²) in [7, 11) is 0. The van der Waals surface area contributed by atoms with Gasteiger partial charge in [-0.1, -0.05) is 19.1 Å². The van der Waals surface area contributed by atoms with Crippen LogP contribution < -0.4 is 10.2 Å². The number of amides is 3. The van der Waals surface area contributed by atoms with Crippen molar-refractivity contribution < 1.29 is 33.4 Å². The van der Waals surface area contributed by atoms with Crippen molar-refractivity contribution in [2.24, 2.45) is 23.7 Å². The molecule has 4 atom stereocenters. The number of nitrogens with one attached hydrogen (secondary N) is 1. The van der Waals surface area contributed by atoms with Gasteiger partial charge in [0.15, 0.2) is 6.61 Å². The van der Waals surface area contributed by atoms with Gasteiger partial charge < -0.3 is 14.8 Å². The summed E-state index contributed by atoms with van der Waals surface area (Å²) in [5, 5.41) is 2.59. The molecule has 2 aliphatic carbocycles. The smallest absolute Gasteiger partial charge is 0.338 e. The Hall–Kier alpha value is -4.27. The van der Waals surface area contributed by atoms with E-state index in [1.54, 1.807) is 12.1 Å². The Labute approximate surface area is 213 Å². The average molecular weight is 503 g/mol. The predicted molar refractivity (Wildman–Crippen MR) is 133 cm³/mol. The minimum atomic E-state index is -0.714. The molecule has 0 unspecified atom stereocenters. The van der Waals surface area contributed by atoms with Crippen LogP contribution in [0.15, 0.2) is 60.7 Å². The molecule has 2 aromatic rings. The van der Waals surface area contributed by atoms with Crippen LogP contribution in [-0.4, -0.2) is 42.9 Å². The van der Waals surface area contributed by atoms with Crippen molar-refractivity contribution in [3.63, 3.8) is 0 Å². The zero-order valence-electron chi connectivity index (χ0n) is 20.2. The van der Waals surface area contributed by atoms with Crippen molar-refractivity contribution in [2.45, 2.75) is 19.8 Å². The van der Waals surface area contributed by atoms with Crippen LogP contribution in [0.3, 0.4) is 0 Å². The molecule has 0 aromatic heterocycles. The van der Waals surface area contributed by atoms with E-state index < -0.39 is 24.5 Å². The van der Waals surface area contributed by atoms with Gasteiger partial charge in [0, 0.05) is 5.69 Å². The van der Waals surface area contributed by atoms with E-state index in [1.165, 1.54) is 41.3 Å². The molecule has 9 nitrogen and oxygen atoms in total. The largest absolute Gasteiger partial charge is 0.462 e. The average Bonchev–Trinajstić information content (AvgIpc) is 3.60. The number of carbonyl (C=O) groups is 5. The van der Waals surface area contributed by atoms with Gasteiger partial charge in [0.2, 0.25) is 11.8 Å². The number of imide groups is 1. The predicted octanol–water partition coefficient (Wildman–Crippen LogP) is 3.36. The second kappa shape index (κ2) is 10.0. The molecular formula is C28H26N2O7. The number of allylic oxidation sites excluding steroid dienone is 2. The Bertz CT molecular complexity index is 1250. The number of rotatable bonds is 8. The Morgan fingerprint density at radius 2 is 1.38 bits per heavy atom. The van der Waals surface area contributed by atoms with Crippen molar-refractivity contribution >= 4 is 41.0 Å². The number of carbonyl (C=O) groups excluding carboxylic acids is 5. The van der Waals surface area contributed by atoms with Crippen LogP contribution in [0.2, 0.25) is 0 Å². The van der Waals surface area contributed by atoms with Crippen LogP contribution in [0, 0.1) is 23.7 Å². The van der Waals surface area contributed by atoms with Crippen molar-refractivity contribution in [1.29, 1.82) is 0 Å². The molecule has 2 fully saturated rings. The van der Waals surface area contributed by atoms with Crippen molar-refractivity contribution in [3.8, 4) is 0 Å². The molecule has 37 heavy (non-hydrogen) atoms. The number of nitrogens with zero attached hydrogens (tertiary/aromatic N) is 1. The van der Waals surface area contributed by atoms with Crippen molar-refractivity contribution in [2.75, 3.05) is 23.4 Å². The number of hydrogen-bond acceptors (Lipinski definition) is 7. The summed E-state index contributed by atoms with van der Waals surface area (Å²) in [4.78, 5) is 63.6. The van der Waals surface area contributed by atoms with Crippen LogP contribution in [0.5, 0.6) is 0 Å². The van der Waals surface area contributed by atoms with Gasteiger partial charge in [0.1, 0.15) is 0 Å². The highest BCUT2D eigenvalue weighted by molar-refractivity contribution is 6.22. The second-order valence-corrected chi connectivity index (χ2v) is 9.40. The van der Waals surface area contributed by atoms with E-state index in [4.69, 9.17) is 9.47 Å². The molecule has 1 saturated carbocycles. The van der Waals surface area contributed by atoms with Gasteiger partial charge in [-0.2, -0.15) is 0 Å². The molecule has 1 saturated heterocycles. The summed E-state index contributed by atoms with van der Waals surface area (Å²) in [6.45, 7) is 1.72. The topological polar surface area (TPSA) is 119 Å². The van der Waals surface area contributed by atoms with Crippen molar-refractivity contribution in [3.05, 3.63) is 71.8 Å². The number of ether oxygens (including phenoxy) is 2. The maximum atomic E-state index is 12.9. The molecule has 3 amide bonds. The Morgan fingerprint density at radius 3 is 1.95 bits per heavy atom. The molecule has 3 aliphatic rings. The third-order valence-corrected chi connectivity index (χ3v) is 7.01. The van der Waals surface area contributed by atoms with E-state index in [0.29, 0.717) is 23.5 Å². The van der Waals surface area contributed by atoms with E-state index in [0.717, 1.165) is 12.8 Å². The second-order valence-electron chi connectivity index (χ2n) is 9.40. The van der Waals surface area contributed by atoms with Crippen LogP contribution in [-0.2, 0) is 23.9 Å². The monoisotopic (exact) mass is 502 g/mol. The summed E-state index contributed by atoms with van der Waals surface area (Å²) in [5.41, 5.74) is 1.41. The number of esters is 2. The lowest BCUT2D eigenvalue weighted by Gasteiger charge is -2.17. The van der Waals surface area contributed by atoms with Crippen LogP contribution in [0.25, 0.3) is 0 Å². The summed E-state index contributed by atoms with van der Waals surface area (Å²) in [6.07, 6.45) is 5.66.